The predicted molar refractivity (Wildman–Crippen MR) is 84.3 cm³/mol. The van der Waals surface area contributed by atoms with Gasteiger partial charge in [-0.25, -0.2) is 0 Å². The molecule has 1 aliphatic heterocycles. The summed E-state index contributed by atoms with van der Waals surface area (Å²) >= 11 is 5.03. The van der Waals surface area contributed by atoms with Crippen LogP contribution in [0.2, 0.25) is 0 Å². The third-order valence-electron chi connectivity index (χ3n) is 3.35. The van der Waals surface area contributed by atoms with Crippen LogP contribution >= 0.6 is 12.2 Å². The van der Waals surface area contributed by atoms with Gasteiger partial charge >= 0.3 is 0 Å². The Morgan fingerprint density at radius 3 is 3.10 bits per heavy atom. The Hall–Kier alpha value is -1.17. The highest BCUT2D eigenvalue weighted by molar-refractivity contribution is 7.80. The zero-order valence-electron chi connectivity index (χ0n) is 11.9. The average molecular weight is 294 g/mol. The van der Waals surface area contributed by atoms with Crippen LogP contribution in [0, 0.1) is 0 Å². The molecule has 1 fully saturated rings. The summed E-state index contributed by atoms with van der Waals surface area (Å²) in [4.78, 5) is 2.75. The van der Waals surface area contributed by atoms with E-state index in [1.165, 1.54) is 0 Å². The molecule has 0 aliphatic carbocycles. The van der Waals surface area contributed by atoms with E-state index in [9.17, 15) is 0 Å². The van der Waals surface area contributed by atoms with Crippen LogP contribution in [0.1, 0.15) is 18.9 Å². The fraction of sp³-hybridized carbons (Fsp3) is 0.533. The minimum atomic E-state index is 0.293. The van der Waals surface area contributed by atoms with Gasteiger partial charge in [-0.15, -0.1) is 0 Å². The molecule has 1 aliphatic rings. The van der Waals surface area contributed by atoms with E-state index in [4.69, 9.17) is 27.4 Å². The fourth-order valence-electron chi connectivity index (χ4n) is 2.36. The van der Waals surface area contributed by atoms with E-state index in [1.54, 1.807) is 0 Å². The lowest BCUT2D eigenvalue weighted by atomic mass is 10.2. The molecule has 0 saturated carbocycles. The molecule has 20 heavy (non-hydrogen) atoms. The first kappa shape index (κ1) is 15.2. The van der Waals surface area contributed by atoms with Gasteiger partial charge < -0.3 is 15.2 Å². The van der Waals surface area contributed by atoms with Crippen LogP contribution in [0.5, 0.6) is 5.75 Å². The zero-order chi connectivity index (χ0) is 14.4. The van der Waals surface area contributed by atoms with Gasteiger partial charge in [0.1, 0.15) is 17.3 Å². The Morgan fingerprint density at radius 1 is 1.50 bits per heavy atom. The molecule has 1 aromatic carbocycles. The van der Waals surface area contributed by atoms with Crippen LogP contribution in [0.25, 0.3) is 0 Å². The molecular weight excluding hydrogens is 272 g/mol. The maximum atomic E-state index is 5.83. The molecule has 110 valence electrons. The summed E-state index contributed by atoms with van der Waals surface area (Å²) in [6.45, 7) is 6.50. The lowest BCUT2D eigenvalue weighted by molar-refractivity contribution is 0.0658. The minimum absolute atomic E-state index is 0.293. The summed E-state index contributed by atoms with van der Waals surface area (Å²) in [6.07, 6.45) is 1.37. The van der Waals surface area contributed by atoms with Crippen molar-refractivity contribution in [3.05, 3.63) is 29.8 Å². The fourth-order valence-corrected chi connectivity index (χ4v) is 2.53. The van der Waals surface area contributed by atoms with Crippen LogP contribution in [0.3, 0.4) is 0 Å². The first-order valence-corrected chi connectivity index (χ1v) is 7.43. The third kappa shape index (κ3) is 4.44. The van der Waals surface area contributed by atoms with E-state index in [2.05, 4.69) is 11.8 Å². The van der Waals surface area contributed by atoms with Gasteiger partial charge in [0.05, 0.1) is 11.7 Å². The maximum Gasteiger partial charge on any atom is 0.129 e. The monoisotopic (exact) mass is 294 g/mol. The highest BCUT2D eigenvalue weighted by Gasteiger charge is 2.15. The van der Waals surface area contributed by atoms with Crippen LogP contribution in [-0.4, -0.2) is 48.8 Å². The number of hydrogen-bond acceptors (Lipinski definition) is 4. The number of rotatable bonds is 5. The third-order valence-corrected chi connectivity index (χ3v) is 3.57. The predicted octanol–water partition coefficient (Wildman–Crippen LogP) is 1.81. The van der Waals surface area contributed by atoms with Crippen molar-refractivity contribution in [2.75, 3.05) is 32.8 Å². The molecule has 1 atom stereocenters. The highest BCUT2D eigenvalue weighted by atomic mass is 32.1. The lowest BCUT2D eigenvalue weighted by Crippen LogP contribution is -2.33. The first-order valence-electron chi connectivity index (χ1n) is 7.02. The summed E-state index contributed by atoms with van der Waals surface area (Å²) in [5.41, 5.74) is 6.49. The number of hydrogen-bond donors (Lipinski definition) is 1. The minimum Gasteiger partial charge on any atom is -0.492 e. The first-order chi connectivity index (χ1) is 9.66. The van der Waals surface area contributed by atoms with Crippen molar-refractivity contribution in [2.45, 2.75) is 19.4 Å². The molecule has 1 heterocycles. The molecule has 0 bridgehead atoms. The summed E-state index contributed by atoms with van der Waals surface area (Å²) in [6, 6.07) is 7.64. The van der Waals surface area contributed by atoms with Crippen molar-refractivity contribution >= 4 is 17.2 Å². The lowest BCUT2D eigenvalue weighted by Gasteiger charge is -2.22. The molecule has 0 radical (unpaired) electrons. The number of ether oxygens (including phenoxy) is 2. The molecular formula is C15H22N2O2S. The summed E-state index contributed by atoms with van der Waals surface area (Å²) in [7, 11) is 0. The summed E-state index contributed by atoms with van der Waals surface area (Å²) < 4.78 is 11.5. The van der Waals surface area contributed by atoms with Crippen LogP contribution in [0.4, 0.5) is 0 Å². The van der Waals surface area contributed by atoms with Crippen LogP contribution in [-0.2, 0) is 4.74 Å². The van der Waals surface area contributed by atoms with E-state index in [0.29, 0.717) is 17.7 Å². The highest BCUT2D eigenvalue weighted by Crippen LogP contribution is 2.17. The van der Waals surface area contributed by atoms with Gasteiger partial charge in [0.2, 0.25) is 0 Å². The second-order valence-corrected chi connectivity index (χ2v) is 5.48. The molecule has 0 spiro atoms. The van der Waals surface area contributed by atoms with E-state index in [0.717, 1.165) is 44.0 Å². The second-order valence-electron chi connectivity index (χ2n) is 5.04. The molecule has 2 rings (SSSR count). The SMILES string of the molecule is CC1CN(CCOc2ccccc2C(N)=S)CCCO1. The van der Waals surface area contributed by atoms with Crippen molar-refractivity contribution in [3.8, 4) is 5.75 Å². The number of para-hydroxylation sites is 1. The van der Waals surface area contributed by atoms with Gasteiger partial charge in [0.15, 0.2) is 0 Å². The largest absolute Gasteiger partial charge is 0.492 e. The molecule has 1 unspecified atom stereocenters. The molecule has 1 saturated heterocycles. The van der Waals surface area contributed by atoms with Crippen molar-refractivity contribution in [1.82, 2.24) is 4.90 Å². The Balaban J connectivity index is 1.85. The molecule has 5 heteroatoms. The standard InChI is InChI=1S/C15H22N2O2S/c1-12-11-17(7-4-9-18-12)8-10-19-14-6-3-2-5-13(14)15(16)20/h2-3,5-6,12H,4,7-11H2,1H3,(H2,16,20). The number of benzene rings is 1. The number of nitrogens with two attached hydrogens (primary N) is 1. The number of thiocarbonyl (C=S) groups is 1. The van der Waals surface area contributed by atoms with Crippen molar-refractivity contribution in [3.63, 3.8) is 0 Å². The zero-order valence-corrected chi connectivity index (χ0v) is 12.7. The van der Waals surface area contributed by atoms with Crippen molar-refractivity contribution in [2.24, 2.45) is 5.73 Å². The Bertz CT molecular complexity index is 453. The van der Waals surface area contributed by atoms with Gasteiger partial charge in [-0.2, -0.15) is 0 Å². The number of nitrogens with zero attached hydrogens (tertiary/aromatic N) is 1. The van der Waals surface area contributed by atoms with Crippen LogP contribution in [0.15, 0.2) is 24.3 Å². The van der Waals surface area contributed by atoms with Crippen LogP contribution < -0.4 is 10.5 Å². The van der Waals surface area contributed by atoms with Gasteiger partial charge in [-0.05, 0) is 25.5 Å². The van der Waals surface area contributed by atoms with E-state index >= 15 is 0 Å². The molecule has 0 amide bonds. The second kappa shape index (κ2) is 7.57. The van der Waals surface area contributed by atoms with Gasteiger partial charge in [0.25, 0.3) is 0 Å². The Kier molecular flexibility index (Phi) is 5.76. The Morgan fingerprint density at radius 2 is 2.30 bits per heavy atom. The van der Waals surface area contributed by atoms with Crippen molar-refractivity contribution in [1.29, 1.82) is 0 Å². The molecule has 1 aromatic rings. The molecule has 0 aromatic heterocycles. The summed E-state index contributed by atoms with van der Waals surface area (Å²) in [5.74, 6) is 0.763. The molecule has 4 nitrogen and oxygen atoms in total. The van der Waals surface area contributed by atoms with Gasteiger partial charge in [-0.1, -0.05) is 24.4 Å². The van der Waals surface area contributed by atoms with Gasteiger partial charge in [-0.3, -0.25) is 4.90 Å². The van der Waals surface area contributed by atoms with E-state index in [-0.39, 0.29) is 0 Å². The van der Waals surface area contributed by atoms with E-state index < -0.39 is 0 Å². The average Bonchev–Trinajstić information content (AvgIpc) is 2.63. The smallest absolute Gasteiger partial charge is 0.129 e. The quantitative estimate of drug-likeness (QED) is 0.839. The normalized spacial score (nSPS) is 20.4. The molecule has 2 N–H and O–H groups in total. The maximum absolute atomic E-state index is 5.83. The summed E-state index contributed by atoms with van der Waals surface area (Å²) in [5, 5.41) is 0. The van der Waals surface area contributed by atoms with Crippen molar-refractivity contribution < 1.29 is 9.47 Å². The van der Waals surface area contributed by atoms with Gasteiger partial charge in [0, 0.05) is 26.2 Å². The Labute approximate surface area is 125 Å². The topological polar surface area (TPSA) is 47.7 Å². The van der Waals surface area contributed by atoms with E-state index in [1.807, 2.05) is 24.3 Å².